The molecule has 0 amide bonds. The minimum atomic E-state index is -5.29. The molecule has 0 spiro atoms. The molecule has 0 aromatic heterocycles. The average Bonchev–Trinajstić information content (AvgIpc) is 2.45. The van der Waals surface area contributed by atoms with E-state index in [0.717, 1.165) is 18.7 Å². The Labute approximate surface area is 120 Å². The number of benzene rings is 1. The normalized spacial score (nSPS) is 20.2. The average molecular weight is 324 g/mol. The molecule has 0 aliphatic carbocycles. The third-order valence-corrected chi connectivity index (χ3v) is 4.52. The molecule has 1 heterocycles. The molecule has 2 rings (SSSR count). The summed E-state index contributed by atoms with van der Waals surface area (Å²) in [5.74, 6) is 0. The van der Waals surface area contributed by atoms with Crippen LogP contribution in [0.5, 0.6) is 0 Å². The number of hydrogen-bond donors (Lipinski definition) is 2. The van der Waals surface area contributed by atoms with E-state index in [1.54, 1.807) is 0 Å². The Morgan fingerprint density at radius 1 is 1.29 bits per heavy atom. The highest BCUT2D eigenvalue weighted by Gasteiger charge is 2.46. The summed E-state index contributed by atoms with van der Waals surface area (Å²) in [6, 6.07) is 4.61. The van der Waals surface area contributed by atoms with Gasteiger partial charge in [0.2, 0.25) is 0 Å². The van der Waals surface area contributed by atoms with Crippen LogP contribution in [0.3, 0.4) is 0 Å². The van der Waals surface area contributed by atoms with Crippen LogP contribution in [0.4, 0.5) is 18.9 Å². The summed E-state index contributed by atoms with van der Waals surface area (Å²) >= 11 is 0. The van der Waals surface area contributed by atoms with Crippen molar-refractivity contribution in [3.05, 3.63) is 24.3 Å². The molecule has 1 aromatic carbocycles. The molecule has 118 valence electrons. The lowest BCUT2D eigenvalue weighted by molar-refractivity contribution is -0.0436. The van der Waals surface area contributed by atoms with Gasteiger partial charge in [-0.1, -0.05) is 0 Å². The highest BCUT2D eigenvalue weighted by molar-refractivity contribution is 7.92. The van der Waals surface area contributed by atoms with Gasteiger partial charge in [-0.05, 0) is 24.3 Å². The minimum Gasteiger partial charge on any atom is -0.383 e. The predicted octanol–water partition coefficient (Wildman–Crippen LogP) is 1.38. The van der Waals surface area contributed by atoms with E-state index in [4.69, 9.17) is 4.74 Å². The van der Waals surface area contributed by atoms with Crippen LogP contribution in [0.15, 0.2) is 29.2 Å². The number of hydrogen-bond acceptors (Lipinski definition) is 5. The van der Waals surface area contributed by atoms with Gasteiger partial charge in [0.15, 0.2) is 0 Å². The Morgan fingerprint density at radius 2 is 1.95 bits per heavy atom. The Bertz CT molecular complexity index is 566. The van der Waals surface area contributed by atoms with Crippen LogP contribution < -0.4 is 10.6 Å². The summed E-state index contributed by atoms with van der Waals surface area (Å²) in [7, 11) is -5.29. The van der Waals surface area contributed by atoms with Gasteiger partial charge in [-0.15, -0.1) is 0 Å². The molecule has 21 heavy (non-hydrogen) atoms. The zero-order valence-corrected chi connectivity index (χ0v) is 11.8. The number of alkyl halides is 3. The van der Waals surface area contributed by atoms with Gasteiger partial charge in [0.05, 0.1) is 18.1 Å². The molecular weight excluding hydrogens is 309 g/mol. The van der Waals surface area contributed by atoms with Gasteiger partial charge in [-0.25, -0.2) is 8.42 Å². The van der Waals surface area contributed by atoms with Crippen LogP contribution in [0.25, 0.3) is 0 Å². The predicted molar refractivity (Wildman–Crippen MR) is 70.8 cm³/mol. The lowest BCUT2D eigenvalue weighted by atomic mass is 10.2. The van der Waals surface area contributed by atoms with Gasteiger partial charge in [0.25, 0.3) is 9.84 Å². The van der Waals surface area contributed by atoms with E-state index in [9.17, 15) is 21.6 Å². The lowest BCUT2D eigenvalue weighted by Gasteiger charge is -2.24. The van der Waals surface area contributed by atoms with Crippen LogP contribution in [0.2, 0.25) is 0 Å². The summed E-state index contributed by atoms with van der Waals surface area (Å²) in [6.07, 6.45) is 0. The smallest absolute Gasteiger partial charge is 0.383 e. The van der Waals surface area contributed by atoms with Crippen molar-refractivity contribution in [3.63, 3.8) is 0 Å². The molecule has 0 radical (unpaired) electrons. The summed E-state index contributed by atoms with van der Waals surface area (Å²) in [5.41, 5.74) is -4.74. The monoisotopic (exact) mass is 324 g/mol. The van der Waals surface area contributed by atoms with Crippen molar-refractivity contribution < 1.29 is 26.3 Å². The van der Waals surface area contributed by atoms with Crippen LogP contribution >= 0.6 is 0 Å². The fraction of sp³-hybridized carbons (Fsp3) is 0.500. The summed E-state index contributed by atoms with van der Waals surface area (Å²) in [5, 5.41) is 6.23. The van der Waals surface area contributed by atoms with Crippen molar-refractivity contribution >= 4 is 15.5 Å². The number of anilines is 1. The van der Waals surface area contributed by atoms with E-state index in [1.807, 2.05) is 0 Å². The van der Waals surface area contributed by atoms with Gasteiger partial charge >= 0.3 is 5.51 Å². The Balaban J connectivity index is 1.99. The van der Waals surface area contributed by atoms with Gasteiger partial charge < -0.3 is 15.4 Å². The zero-order valence-electron chi connectivity index (χ0n) is 11.0. The molecule has 2 N–H and O–H groups in total. The van der Waals surface area contributed by atoms with E-state index in [-0.39, 0.29) is 6.04 Å². The number of ether oxygens (including phenoxy) is 1. The fourth-order valence-electron chi connectivity index (χ4n) is 1.88. The van der Waals surface area contributed by atoms with Crippen molar-refractivity contribution in [2.75, 3.05) is 31.6 Å². The van der Waals surface area contributed by atoms with E-state index in [2.05, 4.69) is 10.6 Å². The van der Waals surface area contributed by atoms with E-state index < -0.39 is 20.2 Å². The summed E-state index contributed by atoms with van der Waals surface area (Å²) in [6.45, 7) is 2.48. The second-order valence-corrected chi connectivity index (χ2v) is 6.52. The number of sulfone groups is 1. The largest absolute Gasteiger partial charge is 0.501 e. The first kappa shape index (κ1) is 16.1. The molecule has 1 aliphatic heterocycles. The number of morpholine rings is 1. The van der Waals surface area contributed by atoms with Gasteiger partial charge in [-0.2, -0.15) is 13.2 Å². The molecule has 1 aromatic rings. The van der Waals surface area contributed by atoms with E-state index in [0.29, 0.717) is 25.4 Å². The first-order chi connectivity index (χ1) is 9.80. The standard InChI is InChI=1S/C12H15F3N2O3S/c13-12(14,15)21(18,19)11-3-1-9(2-4-11)17-7-10-8-20-6-5-16-10/h1-4,10,16-17H,5-8H2. The van der Waals surface area contributed by atoms with Crippen molar-refractivity contribution in [2.24, 2.45) is 0 Å². The van der Waals surface area contributed by atoms with Crippen LogP contribution in [-0.4, -0.2) is 46.3 Å². The van der Waals surface area contributed by atoms with E-state index in [1.165, 1.54) is 12.1 Å². The third-order valence-electron chi connectivity index (χ3n) is 3.02. The molecule has 9 heteroatoms. The topological polar surface area (TPSA) is 67.4 Å². The van der Waals surface area contributed by atoms with Gasteiger partial charge in [0, 0.05) is 24.8 Å². The Hall–Kier alpha value is -1.32. The number of nitrogens with one attached hydrogen (secondary N) is 2. The molecule has 1 aliphatic rings. The summed E-state index contributed by atoms with van der Waals surface area (Å²) < 4.78 is 64.8. The second-order valence-electron chi connectivity index (χ2n) is 4.58. The zero-order chi connectivity index (χ0) is 15.5. The maximum atomic E-state index is 12.4. The molecule has 1 atom stereocenters. The van der Waals surface area contributed by atoms with E-state index >= 15 is 0 Å². The van der Waals surface area contributed by atoms with Crippen molar-refractivity contribution in [3.8, 4) is 0 Å². The molecule has 5 nitrogen and oxygen atoms in total. The molecule has 1 unspecified atom stereocenters. The van der Waals surface area contributed by atoms with Crippen molar-refractivity contribution in [2.45, 2.75) is 16.4 Å². The maximum Gasteiger partial charge on any atom is 0.501 e. The molecule has 0 saturated carbocycles. The number of halogens is 3. The molecule has 0 bridgehead atoms. The second kappa shape index (κ2) is 6.20. The van der Waals surface area contributed by atoms with Crippen LogP contribution in [0.1, 0.15) is 0 Å². The molecule has 1 fully saturated rings. The Morgan fingerprint density at radius 3 is 2.48 bits per heavy atom. The first-order valence-electron chi connectivity index (χ1n) is 6.27. The minimum absolute atomic E-state index is 0.109. The molecular formula is C12H15F3N2O3S. The highest BCUT2D eigenvalue weighted by atomic mass is 32.2. The van der Waals surface area contributed by atoms with Gasteiger partial charge in [-0.3, -0.25) is 0 Å². The lowest BCUT2D eigenvalue weighted by Crippen LogP contribution is -2.45. The van der Waals surface area contributed by atoms with Crippen molar-refractivity contribution in [1.82, 2.24) is 5.32 Å². The quantitative estimate of drug-likeness (QED) is 0.876. The Kier molecular flexibility index (Phi) is 4.74. The van der Waals surface area contributed by atoms with Crippen LogP contribution in [0, 0.1) is 0 Å². The van der Waals surface area contributed by atoms with Gasteiger partial charge in [0.1, 0.15) is 0 Å². The third kappa shape index (κ3) is 3.86. The van der Waals surface area contributed by atoms with Crippen LogP contribution in [-0.2, 0) is 14.6 Å². The number of rotatable bonds is 4. The fourth-order valence-corrected chi connectivity index (χ4v) is 2.64. The SMILES string of the molecule is O=S(=O)(c1ccc(NCC2COCCN2)cc1)C(F)(F)F. The first-order valence-corrected chi connectivity index (χ1v) is 7.75. The van der Waals surface area contributed by atoms with Crippen molar-refractivity contribution in [1.29, 1.82) is 0 Å². The maximum absolute atomic E-state index is 12.4. The molecule has 1 saturated heterocycles. The summed E-state index contributed by atoms with van der Waals surface area (Å²) in [4.78, 5) is -0.764. The highest BCUT2D eigenvalue weighted by Crippen LogP contribution is 2.30.